The molecule has 0 spiro atoms. The molecule has 0 aromatic carbocycles. The molecule has 1 aromatic rings. The summed E-state index contributed by atoms with van der Waals surface area (Å²) >= 11 is 0. The minimum Gasteiger partial charge on any atom is -0.304 e. The topological polar surface area (TPSA) is 53.1 Å². The summed E-state index contributed by atoms with van der Waals surface area (Å²) in [6.45, 7) is 7.61. The molecule has 1 rings (SSSR count). The van der Waals surface area contributed by atoms with E-state index in [4.69, 9.17) is 5.90 Å². The minimum atomic E-state index is -0.0821. The van der Waals surface area contributed by atoms with Gasteiger partial charge in [0.05, 0.1) is 6.61 Å². The quantitative estimate of drug-likeness (QED) is 0.710. The lowest BCUT2D eigenvalue weighted by Crippen LogP contribution is -2.29. The second kappa shape index (κ2) is 3.89. The summed E-state index contributed by atoms with van der Waals surface area (Å²) in [6.07, 6.45) is 1.80. The average Bonchev–Trinajstić information content (AvgIpc) is 2.51. The predicted octanol–water partition coefficient (Wildman–Crippen LogP) is 1.07. The molecule has 0 saturated carbocycles. The molecule has 0 amide bonds. The normalized spacial score (nSPS) is 12.0. The Balaban J connectivity index is 2.91. The van der Waals surface area contributed by atoms with Gasteiger partial charge in [0.2, 0.25) is 0 Å². The van der Waals surface area contributed by atoms with Crippen molar-refractivity contribution in [2.75, 3.05) is 6.61 Å². The van der Waals surface area contributed by atoms with E-state index in [1.165, 1.54) is 0 Å². The fraction of sp³-hybridized carbons (Fsp3) is 0.667. The average molecular weight is 183 g/mol. The largest absolute Gasteiger partial charge is 0.304 e. The van der Waals surface area contributed by atoms with Crippen molar-refractivity contribution < 1.29 is 4.84 Å². The zero-order chi connectivity index (χ0) is 9.90. The van der Waals surface area contributed by atoms with Crippen molar-refractivity contribution in [2.24, 2.45) is 5.90 Å². The van der Waals surface area contributed by atoms with Crippen molar-refractivity contribution in [3.8, 4) is 0 Å². The highest BCUT2D eigenvalue weighted by Gasteiger charge is 2.24. The van der Waals surface area contributed by atoms with Gasteiger partial charge in [-0.1, -0.05) is 13.8 Å². The molecular formula is C9H17N3O. The van der Waals surface area contributed by atoms with Gasteiger partial charge in [0.25, 0.3) is 0 Å². The smallest absolute Gasteiger partial charge is 0.0785 e. The van der Waals surface area contributed by atoms with E-state index in [1.54, 1.807) is 6.20 Å². The second-order valence-corrected chi connectivity index (χ2v) is 3.73. The maximum atomic E-state index is 5.08. The van der Waals surface area contributed by atoms with E-state index in [0.717, 1.165) is 12.2 Å². The molecule has 1 aromatic heterocycles. The van der Waals surface area contributed by atoms with Gasteiger partial charge in [0, 0.05) is 23.9 Å². The molecule has 0 aliphatic heterocycles. The van der Waals surface area contributed by atoms with Crippen LogP contribution >= 0.6 is 0 Å². The Bertz CT molecular complexity index is 268. The fourth-order valence-electron chi connectivity index (χ4n) is 1.44. The fourth-order valence-corrected chi connectivity index (χ4v) is 1.44. The van der Waals surface area contributed by atoms with Crippen LogP contribution in [0.15, 0.2) is 12.3 Å². The molecule has 0 radical (unpaired) electrons. The Hall–Kier alpha value is -0.870. The molecule has 4 nitrogen and oxygen atoms in total. The zero-order valence-electron chi connectivity index (χ0n) is 8.45. The minimum absolute atomic E-state index is 0.0821. The third-order valence-corrected chi connectivity index (χ3v) is 2.15. The van der Waals surface area contributed by atoms with Gasteiger partial charge in [-0.2, -0.15) is 5.10 Å². The Morgan fingerprint density at radius 1 is 1.62 bits per heavy atom. The van der Waals surface area contributed by atoms with Crippen molar-refractivity contribution in [1.29, 1.82) is 0 Å². The van der Waals surface area contributed by atoms with Crippen LogP contribution in [0.3, 0.4) is 0 Å². The van der Waals surface area contributed by atoms with Crippen molar-refractivity contribution in [1.82, 2.24) is 9.78 Å². The molecule has 2 N–H and O–H groups in total. The summed E-state index contributed by atoms with van der Waals surface area (Å²) < 4.78 is 1.96. The molecule has 13 heavy (non-hydrogen) atoms. The van der Waals surface area contributed by atoms with Gasteiger partial charge in [-0.3, -0.25) is 4.68 Å². The Morgan fingerprint density at radius 2 is 2.31 bits per heavy atom. The van der Waals surface area contributed by atoms with Crippen LogP contribution in [-0.4, -0.2) is 16.4 Å². The van der Waals surface area contributed by atoms with Gasteiger partial charge in [-0.15, -0.1) is 0 Å². The van der Waals surface area contributed by atoms with E-state index in [9.17, 15) is 0 Å². The van der Waals surface area contributed by atoms with Crippen molar-refractivity contribution in [2.45, 2.75) is 32.7 Å². The van der Waals surface area contributed by atoms with Gasteiger partial charge in [-0.05, 0) is 13.0 Å². The molecule has 4 heteroatoms. The molecule has 0 aliphatic carbocycles. The lowest BCUT2D eigenvalue weighted by Gasteiger charge is -2.23. The molecule has 0 unspecified atom stereocenters. The number of nitrogens with zero attached hydrogens (tertiary/aromatic N) is 2. The third kappa shape index (κ3) is 2.08. The highest BCUT2D eigenvalue weighted by molar-refractivity contribution is 5.13. The van der Waals surface area contributed by atoms with E-state index < -0.39 is 0 Å². The first-order valence-corrected chi connectivity index (χ1v) is 4.46. The second-order valence-electron chi connectivity index (χ2n) is 3.73. The van der Waals surface area contributed by atoms with E-state index in [1.807, 2.05) is 10.7 Å². The lowest BCUT2D eigenvalue weighted by atomic mass is 9.90. The molecule has 0 fully saturated rings. The highest BCUT2D eigenvalue weighted by atomic mass is 16.6. The Labute approximate surface area is 78.6 Å². The maximum absolute atomic E-state index is 5.08. The summed E-state index contributed by atoms with van der Waals surface area (Å²) in [6, 6.07) is 2.00. The molecule has 0 saturated heterocycles. The summed E-state index contributed by atoms with van der Waals surface area (Å²) in [7, 11) is 0. The molecule has 74 valence electrons. The van der Waals surface area contributed by atoms with Gasteiger partial charge >= 0.3 is 0 Å². The van der Waals surface area contributed by atoms with Crippen LogP contribution in [0.1, 0.15) is 26.5 Å². The van der Waals surface area contributed by atoms with Gasteiger partial charge in [0.1, 0.15) is 0 Å². The van der Waals surface area contributed by atoms with Gasteiger partial charge < -0.3 is 4.84 Å². The summed E-state index contributed by atoms with van der Waals surface area (Å²) in [5.74, 6) is 5.08. The summed E-state index contributed by atoms with van der Waals surface area (Å²) in [4.78, 5) is 4.69. The first kappa shape index (κ1) is 10.2. The highest BCUT2D eigenvalue weighted by Crippen LogP contribution is 2.22. The van der Waals surface area contributed by atoms with E-state index in [2.05, 4.69) is 30.7 Å². The Kier molecular flexibility index (Phi) is 3.06. The van der Waals surface area contributed by atoms with Crippen LogP contribution < -0.4 is 5.90 Å². The Morgan fingerprint density at radius 3 is 2.85 bits per heavy atom. The van der Waals surface area contributed by atoms with Crippen LogP contribution in [-0.2, 0) is 16.8 Å². The first-order valence-electron chi connectivity index (χ1n) is 4.46. The van der Waals surface area contributed by atoms with E-state index in [0.29, 0.717) is 6.61 Å². The monoisotopic (exact) mass is 183 g/mol. The van der Waals surface area contributed by atoms with Crippen LogP contribution in [0, 0.1) is 0 Å². The zero-order valence-corrected chi connectivity index (χ0v) is 8.45. The number of aromatic nitrogens is 2. The molecular weight excluding hydrogens is 166 g/mol. The van der Waals surface area contributed by atoms with Crippen molar-refractivity contribution in [3.05, 3.63) is 18.0 Å². The standard InChI is InChI=1S/C9H17N3O/c1-4-12-8(5-6-11-12)9(2,3)7-13-10/h5-6H,4,7,10H2,1-3H3. The number of rotatable bonds is 4. The summed E-state index contributed by atoms with van der Waals surface area (Å²) in [5.41, 5.74) is 1.07. The molecule has 0 aliphatic rings. The molecule has 0 bridgehead atoms. The van der Waals surface area contributed by atoms with Crippen LogP contribution in [0.4, 0.5) is 0 Å². The first-order chi connectivity index (χ1) is 6.11. The number of aryl methyl sites for hydroxylation is 1. The predicted molar refractivity (Wildman–Crippen MR) is 51.1 cm³/mol. The SMILES string of the molecule is CCn1nccc1C(C)(C)CON. The molecule has 0 atom stereocenters. The lowest BCUT2D eigenvalue weighted by molar-refractivity contribution is 0.0931. The van der Waals surface area contributed by atoms with Crippen molar-refractivity contribution >= 4 is 0 Å². The van der Waals surface area contributed by atoms with Crippen LogP contribution in [0.5, 0.6) is 0 Å². The van der Waals surface area contributed by atoms with Gasteiger partial charge in [-0.25, -0.2) is 5.90 Å². The summed E-state index contributed by atoms with van der Waals surface area (Å²) in [5, 5.41) is 4.20. The van der Waals surface area contributed by atoms with E-state index >= 15 is 0 Å². The van der Waals surface area contributed by atoms with Crippen LogP contribution in [0.25, 0.3) is 0 Å². The molecule has 1 heterocycles. The van der Waals surface area contributed by atoms with E-state index in [-0.39, 0.29) is 5.41 Å². The van der Waals surface area contributed by atoms with Gasteiger partial charge in [0.15, 0.2) is 0 Å². The third-order valence-electron chi connectivity index (χ3n) is 2.15. The number of hydrogen-bond acceptors (Lipinski definition) is 3. The number of nitrogens with two attached hydrogens (primary N) is 1. The number of hydrogen-bond donors (Lipinski definition) is 1. The van der Waals surface area contributed by atoms with Crippen molar-refractivity contribution in [3.63, 3.8) is 0 Å². The van der Waals surface area contributed by atoms with Crippen LogP contribution in [0.2, 0.25) is 0 Å². The maximum Gasteiger partial charge on any atom is 0.0785 e.